The second-order valence-electron chi connectivity index (χ2n) is 4.57. The van der Waals surface area contributed by atoms with Crippen LogP contribution < -0.4 is 0 Å². The van der Waals surface area contributed by atoms with Crippen molar-refractivity contribution in [1.82, 2.24) is 0 Å². The first-order valence-corrected chi connectivity index (χ1v) is 6.48. The molecule has 18 heavy (non-hydrogen) atoms. The monoisotopic (exact) mass is 237 g/mol. The number of benzene rings is 2. The number of aliphatic imine (C=N–C) groups is 1. The summed E-state index contributed by atoms with van der Waals surface area (Å²) in [5.74, 6) is 0.622. The summed E-state index contributed by atoms with van der Waals surface area (Å²) in [7, 11) is 0. The Kier molecular flexibility index (Phi) is 4.30. The van der Waals surface area contributed by atoms with Gasteiger partial charge in [-0.05, 0) is 35.6 Å². The summed E-state index contributed by atoms with van der Waals surface area (Å²) in [4.78, 5) is 4.48. The molecule has 0 amide bonds. The van der Waals surface area contributed by atoms with Crippen molar-refractivity contribution < 1.29 is 0 Å². The Morgan fingerprint density at radius 1 is 1.00 bits per heavy atom. The van der Waals surface area contributed by atoms with E-state index >= 15 is 0 Å². The fourth-order valence-electron chi connectivity index (χ4n) is 1.81. The lowest BCUT2D eigenvalue weighted by Crippen LogP contribution is -1.89. The van der Waals surface area contributed by atoms with Gasteiger partial charge in [0.15, 0.2) is 0 Å². The summed E-state index contributed by atoms with van der Waals surface area (Å²) in [6.45, 7) is 4.47. The molecule has 0 aliphatic rings. The number of hydrogen-bond acceptors (Lipinski definition) is 1. The third-order valence-electron chi connectivity index (χ3n) is 3.24. The van der Waals surface area contributed by atoms with Crippen LogP contribution in [0.4, 0.5) is 5.69 Å². The Morgan fingerprint density at radius 2 is 1.67 bits per heavy atom. The zero-order chi connectivity index (χ0) is 12.8. The molecule has 0 heterocycles. The smallest absolute Gasteiger partial charge is 0.0630 e. The molecule has 0 bridgehead atoms. The number of nitrogens with zero attached hydrogens (tertiary/aromatic N) is 1. The highest BCUT2D eigenvalue weighted by Crippen LogP contribution is 2.21. The second-order valence-corrected chi connectivity index (χ2v) is 4.57. The molecule has 2 rings (SSSR count). The summed E-state index contributed by atoms with van der Waals surface area (Å²) in [6.07, 6.45) is 3.07. The molecule has 2 aromatic carbocycles. The molecule has 0 saturated heterocycles. The van der Waals surface area contributed by atoms with Crippen LogP contribution in [0.3, 0.4) is 0 Å². The molecule has 0 saturated carbocycles. The molecular weight excluding hydrogens is 218 g/mol. The van der Waals surface area contributed by atoms with E-state index in [-0.39, 0.29) is 0 Å². The SMILES string of the molecule is CCC(C)c1ccc(N=Cc2ccccc2)cc1. The Bertz CT molecular complexity index is 497. The first-order valence-electron chi connectivity index (χ1n) is 6.48. The van der Waals surface area contributed by atoms with Crippen LogP contribution >= 0.6 is 0 Å². The molecule has 0 aliphatic heterocycles. The van der Waals surface area contributed by atoms with Gasteiger partial charge in [-0.15, -0.1) is 0 Å². The summed E-state index contributed by atoms with van der Waals surface area (Å²) in [5.41, 5.74) is 3.52. The molecule has 0 fully saturated rings. The van der Waals surface area contributed by atoms with E-state index in [0.29, 0.717) is 5.92 Å². The average molecular weight is 237 g/mol. The molecule has 0 aliphatic carbocycles. The van der Waals surface area contributed by atoms with Gasteiger partial charge in [0.2, 0.25) is 0 Å². The van der Waals surface area contributed by atoms with Crippen molar-refractivity contribution >= 4 is 11.9 Å². The van der Waals surface area contributed by atoms with Crippen LogP contribution in [0.25, 0.3) is 0 Å². The van der Waals surface area contributed by atoms with Crippen molar-refractivity contribution in [1.29, 1.82) is 0 Å². The van der Waals surface area contributed by atoms with E-state index in [1.54, 1.807) is 0 Å². The molecule has 0 N–H and O–H groups in total. The molecule has 92 valence electrons. The summed E-state index contributed by atoms with van der Waals surface area (Å²) < 4.78 is 0. The van der Waals surface area contributed by atoms with Crippen molar-refractivity contribution in [2.24, 2.45) is 4.99 Å². The molecule has 1 unspecified atom stereocenters. The average Bonchev–Trinajstić information content (AvgIpc) is 2.46. The topological polar surface area (TPSA) is 12.4 Å². The van der Waals surface area contributed by atoms with Gasteiger partial charge in [-0.2, -0.15) is 0 Å². The van der Waals surface area contributed by atoms with Crippen molar-refractivity contribution in [3.8, 4) is 0 Å². The number of hydrogen-bond donors (Lipinski definition) is 0. The van der Waals surface area contributed by atoms with Gasteiger partial charge >= 0.3 is 0 Å². The van der Waals surface area contributed by atoms with Crippen molar-refractivity contribution in [3.63, 3.8) is 0 Å². The molecule has 0 radical (unpaired) electrons. The summed E-state index contributed by atoms with van der Waals surface area (Å²) in [5, 5.41) is 0. The van der Waals surface area contributed by atoms with Crippen LogP contribution in [-0.2, 0) is 0 Å². The minimum atomic E-state index is 0.622. The van der Waals surface area contributed by atoms with Crippen LogP contribution in [0, 0.1) is 0 Å². The quantitative estimate of drug-likeness (QED) is 0.667. The van der Waals surface area contributed by atoms with E-state index in [1.165, 1.54) is 12.0 Å². The largest absolute Gasteiger partial charge is 0.256 e. The normalized spacial score (nSPS) is 12.8. The fourth-order valence-corrected chi connectivity index (χ4v) is 1.81. The molecule has 1 atom stereocenters. The van der Waals surface area contributed by atoms with Crippen molar-refractivity contribution in [2.45, 2.75) is 26.2 Å². The van der Waals surface area contributed by atoms with Gasteiger partial charge in [0.25, 0.3) is 0 Å². The molecule has 1 heteroatoms. The highest BCUT2D eigenvalue weighted by atomic mass is 14.7. The molecular formula is C17H19N. The summed E-state index contributed by atoms with van der Waals surface area (Å²) >= 11 is 0. The maximum atomic E-state index is 4.48. The Hall–Kier alpha value is -1.89. The lowest BCUT2D eigenvalue weighted by atomic mass is 9.99. The zero-order valence-electron chi connectivity index (χ0n) is 11.0. The van der Waals surface area contributed by atoms with Crippen LogP contribution in [0.2, 0.25) is 0 Å². The van der Waals surface area contributed by atoms with Gasteiger partial charge in [0, 0.05) is 6.21 Å². The predicted octanol–water partition coefficient (Wildman–Crippen LogP) is 4.95. The highest BCUT2D eigenvalue weighted by Gasteiger charge is 2.01. The van der Waals surface area contributed by atoms with Gasteiger partial charge in [0.1, 0.15) is 0 Å². The van der Waals surface area contributed by atoms with Crippen molar-refractivity contribution in [2.75, 3.05) is 0 Å². The first-order chi connectivity index (χ1) is 8.79. The van der Waals surface area contributed by atoms with E-state index in [4.69, 9.17) is 0 Å². The van der Waals surface area contributed by atoms with Crippen LogP contribution in [-0.4, -0.2) is 6.21 Å². The Morgan fingerprint density at radius 3 is 2.28 bits per heavy atom. The summed E-state index contributed by atoms with van der Waals surface area (Å²) in [6, 6.07) is 18.7. The van der Waals surface area contributed by atoms with Gasteiger partial charge in [-0.3, -0.25) is 4.99 Å². The van der Waals surface area contributed by atoms with Crippen LogP contribution in [0.15, 0.2) is 59.6 Å². The molecule has 0 spiro atoms. The van der Waals surface area contributed by atoms with E-state index in [2.05, 4.69) is 55.2 Å². The third-order valence-corrected chi connectivity index (χ3v) is 3.24. The van der Waals surface area contributed by atoms with Gasteiger partial charge in [-0.25, -0.2) is 0 Å². The highest BCUT2D eigenvalue weighted by molar-refractivity contribution is 5.81. The standard InChI is InChI=1S/C17H19N/c1-3-14(2)16-9-11-17(12-10-16)18-13-15-7-5-4-6-8-15/h4-14H,3H2,1-2H3. The third kappa shape index (κ3) is 3.30. The molecule has 2 aromatic rings. The van der Waals surface area contributed by atoms with Gasteiger partial charge < -0.3 is 0 Å². The van der Waals surface area contributed by atoms with E-state index < -0.39 is 0 Å². The zero-order valence-corrected chi connectivity index (χ0v) is 11.0. The lowest BCUT2D eigenvalue weighted by molar-refractivity contribution is 0.734. The van der Waals surface area contributed by atoms with Crippen LogP contribution in [0.1, 0.15) is 37.3 Å². The Balaban J connectivity index is 2.09. The van der Waals surface area contributed by atoms with E-state index in [9.17, 15) is 0 Å². The van der Waals surface area contributed by atoms with Crippen molar-refractivity contribution in [3.05, 3.63) is 65.7 Å². The maximum absolute atomic E-state index is 4.48. The Labute approximate surface area is 109 Å². The van der Waals surface area contributed by atoms with Gasteiger partial charge in [-0.1, -0.05) is 56.3 Å². The van der Waals surface area contributed by atoms with Gasteiger partial charge in [0.05, 0.1) is 5.69 Å². The fraction of sp³-hybridized carbons (Fsp3) is 0.235. The van der Waals surface area contributed by atoms with Crippen LogP contribution in [0.5, 0.6) is 0 Å². The molecule has 1 nitrogen and oxygen atoms in total. The predicted molar refractivity (Wildman–Crippen MR) is 78.8 cm³/mol. The second kappa shape index (κ2) is 6.15. The van der Waals surface area contributed by atoms with E-state index in [1.807, 2.05) is 24.4 Å². The molecule has 0 aromatic heterocycles. The maximum Gasteiger partial charge on any atom is 0.0630 e. The number of rotatable bonds is 4. The minimum Gasteiger partial charge on any atom is -0.256 e. The van der Waals surface area contributed by atoms with E-state index in [0.717, 1.165) is 11.3 Å². The minimum absolute atomic E-state index is 0.622. The lowest BCUT2D eigenvalue weighted by Gasteiger charge is -2.08. The first kappa shape index (κ1) is 12.6.